The zero-order chi connectivity index (χ0) is 16.7. The molecule has 0 unspecified atom stereocenters. The standard InChI is InChI=1S/C18H14BrN3O2/c19-11-1-3-13-14(8-11)15(18(24)22-17(13)23)9-21-12-2-4-16-10(7-12)5-6-20-16/h1-4,7-9,20-21H,5-6H2,(H,22,23,24)/b15-9-. The predicted octanol–water partition coefficient (Wildman–Crippen LogP) is 3.14. The molecule has 4 rings (SSSR count). The molecule has 0 atom stereocenters. The maximum Gasteiger partial charge on any atom is 0.260 e. The van der Waals surface area contributed by atoms with E-state index in [-0.39, 0.29) is 5.91 Å². The third kappa shape index (κ3) is 2.59. The van der Waals surface area contributed by atoms with E-state index in [9.17, 15) is 9.59 Å². The van der Waals surface area contributed by atoms with Crippen molar-refractivity contribution < 1.29 is 9.59 Å². The minimum absolute atomic E-state index is 0.372. The van der Waals surface area contributed by atoms with Gasteiger partial charge >= 0.3 is 0 Å². The quantitative estimate of drug-likeness (QED) is 0.550. The number of imide groups is 1. The van der Waals surface area contributed by atoms with Gasteiger partial charge in [0, 0.05) is 39.7 Å². The SMILES string of the molecule is O=C1NC(=O)c2ccc(Br)cc2/C1=C/Nc1ccc2c(c1)CCN2. The molecule has 0 aliphatic carbocycles. The van der Waals surface area contributed by atoms with Crippen LogP contribution in [-0.2, 0) is 11.2 Å². The normalized spacial score (nSPS) is 17.1. The molecular weight excluding hydrogens is 370 g/mol. The van der Waals surface area contributed by atoms with Gasteiger partial charge in [-0.1, -0.05) is 15.9 Å². The molecule has 0 radical (unpaired) electrons. The van der Waals surface area contributed by atoms with Crippen molar-refractivity contribution in [2.45, 2.75) is 6.42 Å². The van der Waals surface area contributed by atoms with Crippen LogP contribution in [0, 0.1) is 0 Å². The van der Waals surface area contributed by atoms with E-state index < -0.39 is 5.91 Å². The summed E-state index contributed by atoms with van der Waals surface area (Å²) in [5, 5.41) is 8.86. The van der Waals surface area contributed by atoms with Crippen LogP contribution in [0.4, 0.5) is 11.4 Å². The Labute approximate surface area is 147 Å². The Balaban J connectivity index is 1.69. The topological polar surface area (TPSA) is 70.2 Å². The van der Waals surface area contributed by atoms with Crippen LogP contribution < -0.4 is 16.0 Å². The number of carbonyl (C=O) groups is 2. The summed E-state index contributed by atoms with van der Waals surface area (Å²) in [5.74, 6) is -0.774. The fourth-order valence-electron chi connectivity index (χ4n) is 2.99. The van der Waals surface area contributed by atoms with Crippen molar-refractivity contribution in [1.82, 2.24) is 5.32 Å². The van der Waals surface area contributed by atoms with Crippen LogP contribution in [-0.4, -0.2) is 18.4 Å². The molecule has 0 fully saturated rings. The minimum Gasteiger partial charge on any atom is -0.384 e. The molecule has 6 heteroatoms. The first-order valence-corrected chi connectivity index (χ1v) is 8.40. The number of hydrogen-bond acceptors (Lipinski definition) is 4. The van der Waals surface area contributed by atoms with E-state index in [0.717, 1.165) is 28.8 Å². The van der Waals surface area contributed by atoms with Gasteiger partial charge in [-0.15, -0.1) is 0 Å². The van der Waals surface area contributed by atoms with E-state index in [1.165, 1.54) is 5.56 Å². The minimum atomic E-state index is -0.402. The van der Waals surface area contributed by atoms with Crippen molar-refractivity contribution in [1.29, 1.82) is 0 Å². The average molecular weight is 384 g/mol. The summed E-state index contributed by atoms with van der Waals surface area (Å²) < 4.78 is 0.818. The summed E-state index contributed by atoms with van der Waals surface area (Å²) in [6.07, 6.45) is 2.64. The number of amides is 2. The van der Waals surface area contributed by atoms with E-state index >= 15 is 0 Å². The maximum atomic E-state index is 12.2. The lowest BCUT2D eigenvalue weighted by Crippen LogP contribution is -2.36. The molecule has 0 aromatic heterocycles. The highest BCUT2D eigenvalue weighted by atomic mass is 79.9. The predicted molar refractivity (Wildman–Crippen MR) is 96.9 cm³/mol. The van der Waals surface area contributed by atoms with E-state index in [1.807, 2.05) is 12.1 Å². The summed E-state index contributed by atoms with van der Waals surface area (Å²) in [7, 11) is 0. The fraction of sp³-hybridized carbons (Fsp3) is 0.111. The first-order chi connectivity index (χ1) is 11.6. The molecule has 0 saturated heterocycles. The van der Waals surface area contributed by atoms with Gasteiger partial charge in [-0.25, -0.2) is 0 Å². The van der Waals surface area contributed by atoms with Crippen LogP contribution >= 0.6 is 15.9 Å². The van der Waals surface area contributed by atoms with Gasteiger partial charge in [0.15, 0.2) is 0 Å². The second-order valence-corrected chi connectivity index (χ2v) is 6.64. The molecule has 2 aromatic rings. The molecule has 3 N–H and O–H groups in total. The number of carbonyl (C=O) groups excluding carboxylic acids is 2. The number of rotatable bonds is 2. The number of anilines is 2. The third-order valence-corrected chi connectivity index (χ3v) is 4.68. The van der Waals surface area contributed by atoms with Crippen LogP contribution in [0.2, 0.25) is 0 Å². The molecule has 0 bridgehead atoms. The molecule has 2 heterocycles. The van der Waals surface area contributed by atoms with Gasteiger partial charge in [0.1, 0.15) is 0 Å². The second kappa shape index (κ2) is 5.79. The third-order valence-electron chi connectivity index (χ3n) is 4.19. The van der Waals surface area contributed by atoms with Crippen molar-refractivity contribution in [3.63, 3.8) is 0 Å². The van der Waals surface area contributed by atoms with Gasteiger partial charge in [-0.3, -0.25) is 14.9 Å². The lowest BCUT2D eigenvalue weighted by Gasteiger charge is -2.18. The number of benzene rings is 2. The number of hydrogen-bond donors (Lipinski definition) is 3. The Morgan fingerprint density at radius 3 is 2.79 bits per heavy atom. The van der Waals surface area contributed by atoms with Crippen molar-refractivity contribution in [2.24, 2.45) is 0 Å². The summed E-state index contributed by atoms with van der Waals surface area (Å²) in [6.45, 7) is 0.950. The Morgan fingerprint density at radius 1 is 1.04 bits per heavy atom. The summed E-state index contributed by atoms with van der Waals surface area (Å²) in [6, 6.07) is 11.3. The highest BCUT2D eigenvalue weighted by Crippen LogP contribution is 2.29. The van der Waals surface area contributed by atoms with Crippen molar-refractivity contribution >= 4 is 44.7 Å². The number of halogens is 1. The highest BCUT2D eigenvalue weighted by molar-refractivity contribution is 9.10. The monoisotopic (exact) mass is 383 g/mol. The van der Waals surface area contributed by atoms with Crippen LogP contribution in [0.25, 0.3) is 5.57 Å². The Bertz CT molecular complexity index is 905. The van der Waals surface area contributed by atoms with Crippen LogP contribution in [0.15, 0.2) is 47.1 Å². The van der Waals surface area contributed by atoms with Gasteiger partial charge in [0.2, 0.25) is 0 Å². The second-order valence-electron chi connectivity index (χ2n) is 5.72. The van der Waals surface area contributed by atoms with E-state index in [1.54, 1.807) is 24.4 Å². The molecule has 0 saturated carbocycles. The highest BCUT2D eigenvalue weighted by Gasteiger charge is 2.27. The van der Waals surface area contributed by atoms with Crippen molar-refractivity contribution in [2.75, 3.05) is 17.2 Å². The van der Waals surface area contributed by atoms with Crippen LogP contribution in [0.5, 0.6) is 0 Å². The van der Waals surface area contributed by atoms with Gasteiger partial charge in [-0.05, 0) is 48.4 Å². The lowest BCUT2D eigenvalue weighted by atomic mass is 9.95. The summed E-state index contributed by atoms with van der Waals surface area (Å²) in [4.78, 5) is 24.2. The van der Waals surface area contributed by atoms with Crippen LogP contribution in [0.3, 0.4) is 0 Å². The molecule has 24 heavy (non-hydrogen) atoms. The smallest absolute Gasteiger partial charge is 0.260 e. The first kappa shape index (κ1) is 15.0. The molecular formula is C18H14BrN3O2. The lowest BCUT2D eigenvalue weighted by molar-refractivity contribution is -0.114. The Morgan fingerprint density at radius 2 is 1.92 bits per heavy atom. The molecule has 2 aliphatic heterocycles. The van der Waals surface area contributed by atoms with Crippen molar-refractivity contribution in [3.8, 4) is 0 Å². The molecule has 2 amide bonds. The zero-order valence-electron chi connectivity index (χ0n) is 12.7. The van der Waals surface area contributed by atoms with Gasteiger partial charge in [0.05, 0.1) is 5.57 Å². The van der Waals surface area contributed by atoms with Gasteiger partial charge in [-0.2, -0.15) is 0 Å². The largest absolute Gasteiger partial charge is 0.384 e. The molecule has 120 valence electrons. The molecule has 2 aliphatic rings. The first-order valence-electron chi connectivity index (χ1n) is 7.61. The number of nitrogens with one attached hydrogen (secondary N) is 3. The Hall–Kier alpha value is -2.60. The molecule has 2 aromatic carbocycles. The van der Waals surface area contributed by atoms with E-state index in [4.69, 9.17) is 0 Å². The Kier molecular flexibility index (Phi) is 3.61. The van der Waals surface area contributed by atoms with Crippen molar-refractivity contribution in [3.05, 3.63) is 63.8 Å². The fourth-order valence-corrected chi connectivity index (χ4v) is 3.35. The van der Waals surface area contributed by atoms with E-state index in [2.05, 4.69) is 37.9 Å². The van der Waals surface area contributed by atoms with Crippen LogP contribution in [0.1, 0.15) is 21.5 Å². The maximum absolute atomic E-state index is 12.2. The zero-order valence-corrected chi connectivity index (χ0v) is 14.2. The average Bonchev–Trinajstić information content (AvgIpc) is 3.02. The summed E-state index contributed by atoms with van der Waals surface area (Å²) >= 11 is 3.39. The van der Waals surface area contributed by atoms with Gasteiger partial charge in [0.25, 0.3) is 11.8 Å². The number of fused-ring (bicyclic) bond motifs is 2. The van der Waals surface area contributed by atoms with Gasteiger partial charge < -0.3 is 10.6 Å². The molecule has 0 spiro atoms. The van der Waals surface area contributed by atoms with E-state index in [0.29, 0.717) is 16.7 Å². The molecule has 5 nitrogen and oxygen atoms in total. The summed E-state index contributed by atoms with van der Waals surface area (Å²) in [5.41, 5.74) is 4.86.